The fraction of sp³-hybridized carbons (Fsp3) is 0.400. The monoisotopic (exact) mass is 372 g/mol. The van der Waals surface area contributed by atoms with Gasteiger partial charge in [-0.05, 0) is 13.1 Å². The van der Waals surface area contributed by atoms with Crippen LogP contribution in [0.3, 0.4) is 0 Å². The molecule has 0 aliphatic carbocycles. The fourth-order valence-corrected chi connectivity index (χ4v) is 3.03. The highest BCUT2D eigenvalue weighted by atomic mass is 19.4. The van der Waals surface area contributed by atoms with Crippen molar-refractivity contribution in [2.75, 3.05) is 38.1 Å². The van der Waals surface area contributed by atoms with Crippen LogP contribution < -0.4 is 4.90 Å². The molecule has 1 saturated heterocycles. The van der Waals surface area contributed by atoms with Gasteiger partial charge in [0, 0.05) is 31.6 Å². The molecular formula is C15H13F5N6. The third-order valence-corrected chi connectivity index (χ3v) is 4.46. The second kappa shape index (κ2) is 5.73. The molecule has 1 fully saturated rings. The lowest BCUT2D eigenvalue weighted by Gasteiger charge is -2.33. The summed E-state index contributed by atoms with van der Waals surface area (Å²) in [5.74, 6) is -3.39. The predicted molar refractivity (Wildman–Crippen MR) is 82.9 cm³/mol. The van der Waals surface area contributed by atoms with Gasteiger partial charge in [0.05, 0.1) is 5.56 Å². The Balaban J connectivity index is 1.99. The minimum atomic E-state index is -5.04. The van der Waals surface area contributed by atoms with Gasteiger partial charge in [-0.25, -0.2) is 18.7 Å². The molecule has 0 amide bonds. The van der Waals surface area contributed by atoms with Crippen LogP contribution in [-0.4, -0.2) is 57.7 Å². The van der Waals surface area contributed by atoms with E-state index in [0.717, 1.165) is 19.4 Å². The third kappa shape index (κ3) is 2.54. The first-order chi connectivity index (χ1) is 12.3. The highest BCUT2D eigenvalue weighted by Gasteiger charge is 2.37. The molecule has 1 aliphatic heterocycles. The normalized spacial score (nSPS) is 16.8. The maximum Gasteiger partial charge on any atom is 0.419 e. The number of rotatable bonds is 1. The molecule has 11 heteroatoms. The van der Waals surface area contributed by atoms with Crippen molar-refractivity contribution in [2.45, 2.75) is 6.18 Å². The molecule has 1 aromatic carbocycles. The maximum absolute atomic E-state index is 14.4. The van der Waals surface area contributed by atoms with Gasteiger partial charge in [-0.1, -0.05) is 0 Å². The Morgan fingerprint density at radius 3 is 2.38 bits per heavy atom. The zero-order chi connectivity index (χ0) is 18.6. The van der Waals surface area contributed by atoms with Crippen LogP contribution in [-0.2, 0) is 6.18 Å². The van der Waals surface area contributed by atoms with Crippen LogP contribution in [0.25, 0.3) is 16.6 Å². The molecule has 0 radical (unpaired) electrons. The number of fused-ring (bicyclic) bond motifs is 3. The number of piperazine rings is 1. The first kappa shape index (κ1) is 16.9. The van der Waals surface area contributed by atoms with E-state index in [1.165, 1.54) is 4.52 Å². The Morgan fingerprint density at radius 1 is 1.04 bits per heavy atom. The first-order valence-corrected chi connectivity index (χ1v) is 7.79. The summed E-state index contributed by atoms with van der Waals surface area (Å²) in [4.78, 5) is 11.9. The summed E-state index contributed by atoms with van der Waals surface area (Å²) in [6, 6.07) is 0.526. The second-order valence-electron chi connectivity index (χ2n) is 6.14. The molecule has 0 N–H and O–H groups in total. The lowest BCUT2D eigenvalue weighted by molar-refractivity contribution is -0.140. The summed E-state index contributed by atoms with van der Waals surface area (Å²) in [6.07, 6.45) is -3.89. The van der Waals surface area contributed by atoms with E-state index >= 15 is 0 Å². The van der Waals surface area contributed by atoms with E-state index < -0.39 is 28.9 Å². The number of alkyl halides is 3. The lowest BCUT2D eigenvalue weighted by atomic mass is 10.1. The van der Waals surface area contributed by atoms with Crippen molar-refractivity contribution in [2.24, 2.45) is 0 Å². The highest BCUT2D eigenvalue weighted by Crippen LogP contribution is 2.36. The molecule has 4 rings (SSSR count). The molecule has 0 bridgehead atoms. The van der Waals surface area contributed by atoms with Crippen LogP contribution in [0.5, 0.6) is 0 Å². The van der Waals surface area contributed by atoms with Crippen molar-refractivity contribution in [3.05, 3.63) is 29.6 Å². The second-order valence-corrected chi connectivity index (χ2v) is 6.14. The van der Waals surface area contributed by atoms with Crippen molar-refractivity contribution in [1.29, 1.82) is 0 Å². The largest absolute Gasteiger partial charge is 0.419 e. The van der Waals surface area contributed by atoms with Crippen LogP contribution in [0.1, 0.15) is 5.56 Å². The summed E-state index contributed by atoms with van der Waals surface area (Å²) >= 11 is 0. The molecule has 0 saturated carbocycles. The smallest absolute Gasteiger partial charge is 0.338 e. The molecule has 138 valence electrons. The summed E-state index contributed by atoms with van der Waals surface area (Å²) < 4.78 is 68.7. The van der Waals surface area contributed by atoms with Gasteiger partial charge in [0.2, 0.25) is 5.95 Å². The van der Waals surface area contributed by atoms with E-state index in [2.05, 4.69) is 20.0 Å². The SMILES string of the molecule is CN1CCN(c2nc3c(F)c(F)c(C(F)(F)F)cc3c3ncnn23)CC1. The van der Waals surface area contributed by atoms with Crippen molar-refractivity contribution in [3.63, 3.8) is 0 Å². The van der Waals surface area contributed by atoms with Gasteiger partial charge in [0.1, 0.15) is 11.8 Å². The first-order valence-electron chi connectivity index (χ1n) is 7.79. The zero-order valence-electron chi connectivity index (χ0n) is 13.6. The fourth-order valence-electron chi connectivity index (χ4n) is 3.03. The van der Waals surface area contributed by atoms with Gasteiger partial charge < -0.3 is 9.80 Å². The molecule has 6 nitrogen and oxygen atoms in total. The maximum atomic E-state index is 14.4. The molecule has 1 aliphatic rings. The van der Waals surface area contributed by atoms with Crippen LogP contribution in [0.2, 0.25) is 0 Å². The van der Waals surface area contributed by atoms with Crippen LogP contribution in [0.4, 0.5) is 27.9 Å². The van der Waals surface area contributed by atoms with E-state index in [4.69, 9.17) is 0 Å². The number of benzene rings is 1. The standard InChI is InChI=1S/C15H13F5N6/c1-24-2-4-25(5-3-24)14-23-12-8(13-21-7-22-26(13)14)6-9(15(18,19)20)10(16)11(12)17/h6-7H,2-5H2,1H3. The van der Waals surface area contributed by atoms with E-state index in [1.807, 2.05) is 11.9 Å². The summed E-state index contributed by atoms with van der Waals surface area (Å²) in [5.41, 5.74) is -2.19. The van der Waals surface area contributed by atoms with Gasteiger partial charge in [-0.2, -0.15) is 22.8 Å². The van der Waals surface area contributed by atoms with E-state index in [-0.39, 0.29) is 17.0 Å². The van der Waals surface area contributed by atoms with Gasteiger partial charge in [0.25, 0.3) is 0 Å². The molecule has 26 heavy (non-hydrogen) atoms. The summed E-state index contributed by atoms with van der Waals surface area (Å²) in [6.45, 7) is 2.57. The van der Waals surface area contributed by atoms with Crippen molar-refractivity contribution >= 4 is 22.5 Å². The zero-order valence-corrected chi connectivity index (χ0v) is 13.6. The van der Waals surface area contributed by atoms with Crippen molar-refractivity contribution in [1.82, 2.24) is 24.5 Å². The topological polar surface area (TPSA) is 49.6 Å². The minimum Gasteiger partial charge on any atom is -0.338 e. The van der Waals surface area contributed by atoms with E-state index in [0.29, 0.717) is 19.2 Å². The number of anilines is 1. The molecule has 0 spiro atoms. The van der Waals surface area contributed by atoms with E-state index in [1.54, 1.807) is 0 Å². The molecule has 2 aromatic heterocycles. The molecule has 3 heterocycles. The Labute approximate surface area is 143 Å². The van der Waals surface area contributed by atoms with Crippen molar-refractivity contribution < 1.29 is 22.0 Å². The average Bonchev–Trinajstić information content (AvgIpc) is 3.07. The van der Waals surface area contributed by atoms with Gasteiger partial charge >= 0.3 is 6.18 Å². The lowest BCUT2D eigenvalue weighted by Crippen LogP contribution is -2.45. The third-order valence-electron chi connectivity index (χ3n) is 4.46. The number of likely N-dealkylation sites (N-methyl/N-ethyl adjacent to an activating group) is 1. The Morgan fingerprint density at radius 2 is 1.73 bits per heavy atom. The minimum absolute atomic E-state index is 0.00618. The van der Waals surface area contributed by atoms with Crippen LogP contribution in [0, 0.1) is 11.6 Å². The number of aromatic nitrogens is 4. The molecular weight excluding hydrogens is 359 g/mol. The Bertz CT molecular complexity index is 990. The van der Waals surface area contributed by atoms with Gasteiger partial charge in [-0.3, -0.25) is 0 Å². The number of nitrogens with zero attached hydrogens (tertiary/aromatic N) is 6. The van der Waals surface area contributed by atoms with Crippen molar-refractivity contribution in [3.8, 4) is 0 Å². The summed E-state index contributed by atoms with van der Waals surface area (Å²) in [5, 5.41) is 3.75. The predicted octanol–water partition coefficient (Wildman–Crippen LogP) is 2.33. The van der Waals surface area contributed by atoms with Gasteiger partial charge in [-0.15, -0.1) is 0 Å². The van der Waals surface area contributed by atoms with Crippen LogP contribution in [0.15, 0.2) is 12.4 Å². The summed E-state index contributed by atoms with van der Waals surface area (Å²) in [7, 11) is 1.95. The molecule has 0 unspecified atom stereocenters. The number of hydrogen-bond donors (Lipinski definition) is 0. The van der Waals surface area contributed by atoms with Crippen LogP contribution >= 0.6 is 0 Å². The Kier molecular flexibility index (Phi) is 3.72. The molecule has 3 aromatic rings. The Hall–Kier alpha value is -2.56. The number of hydrogen-bond acceptors (Lipinski definition) is 5. The van der Waals surface area contributed by atoms with Gasteiger partial charge in [0.15, 0.2) is 17.3 Å². The quantitative estimate of drug-likeness (QED) is 0.614. The highest BCUT2D eigenvalue weighted by molar-refractivity contribution is 5.93. The van der Waals surface area contributed by atoms with E-state index in [9.17, 15) is 22.0 Å². The number of halogens is 5. The average molecular weight is 372 g/mol. The molecule has 0 atom stereocenters.